The summed E-state index contributed by atoms with van der Waals surface area (Å²) in [4.78, 5) is 22.3. The van der Waals surface area contributed by atoms with Gasteiger partial charge in [-0.15, -0.1) is 0 Å². The highest BCUT2D eigenvalue weighted by molar-refractivity contribution is 5.69. The molecular weight excluding hydrogens is 246 g/mol. The van der Waals surface area contributed by atoms with Gasteiger partial charge in [-0.2, -0.15) is 0 Å². The predicted molar refractivity (Wildman–Crippen MR) is 73.9 cm³/mol. The quantitative estimate of drug-likeness (QED) is 0.596. The summed E-state index contributed by atoms with van der Waals surface area (Å²) in [5, 5.41) is 2.65. The molecule has 110 valence electrons. The van der Waals surface area contributed by atoms with Gasteiger partial charge in [0.05, 0.1) is 7.11 Å². The largest absolute Gasteiger partial charge is 0.469 e. The number of esters is 1. The van der Waals surface area contributed by atoms with Crippen LogP contribution >= 0.6 is 0 Å². The second-order valence-electron chi connectivity index (χ2n) is 5.36. The van der Waals surface area contributed by atoms with Crippen molar-refractivity contribution in [2.75, 3.05) is 13.7 Å². The van der Waals surface area contributed by atoms with Crippen LogP contribution in [0.3, 0.4) is 0 Å². The highest BCUT2D eigenvalue weighted by Gasteiger charge is 2.15. The number of amides is 1. The van der Waals surface area contributed by atoms with E-state index in [0.29, 0.717) is 13.0 Å². The van der Waals surface area contributed by atoms with Crippen LogP contribution in [0.1, 0.15) is 47.0 Å². The van der Waals surface area contributed by atoms with Gasteiger partial charge in [0.2, 0.25) is 0 Å². The van der Waals surface area contributed by atoms with Crippen LogP contribution in [-0.4, -0.2) is 31.3 Å². The van der Waals surface area contributed by atoms with E-state index in [0.717, 1.165) is 18.4 Å². The van der Waals surface area contributed by atoms with E-state index in [1.165, 1.54) is 7.11 Å². The number of alkyl carbamates (subject to hydrolysis) is 1. The van der Waals surface area contributed by atoms with Gasteiger partial charge >= 0.3 is 12.1 Å². The maximum atomic E-state index is 11.4. The Morgan fingerprint density at radius 3 is 2.37 bits per heavy atom. The lowest BCUT2D eigenvalue weighted by Gasteiger charge is -2.19. The molecule has 0 saturated heterocycles. The Balaban J connectivity index is 3.81. The van der Waals surface area contributed by atoms with Gasteiger partial charge in [0.25, 0.3) is 0 Å². The van der Waals surface area contributed by atoms with E-state index in [1.807, 2.05) is 33.8 Å². The topological polar surface area (TPSA) is 64.6 Å². The van der Waals surface area contributed by atoms with Crippen LogP contribution in [-0.2, 0) is 14.3 Å². The summed E-state index contributed by atoms with van der Waals surface area (Å²) in [7, 11) is 1.38. The molecule has 5 nitrogen and oxygen atoms in total. The van der Waals surface area contributed by atoms with Crippen molar-refractivity contribution in [2.24, 2.45) is 0 Å². The molecule has 0 atom stereocenters. The molecule has 0 aliphatic heterocycles. The Morgan fingerprint density at radius 2 is 1.84 bits per heavy atom. The fourth-order valence-electron chi connectivity index (χ4n) is 1.34. The molecule has 0 aliphatic rings. The molecule has 1 N–H and O–H groups in total. The van der Waals surface area contributed by atoms with Crippen molar-refractivity contribution in [3.05, 3.63) is 11.6 Å². The summed E-state index contributed by atoms with van der Waals surface area (Å²) in [5.41, 5.74) is 0.642. The van der Waals surface area contributed by atoms with Gasteiger partial charge in [0.1, 0.15) is 5.60 Å². The summed E-state index contributed by atoms with van der Waals surface area (Å²) >= 11 is 0. The molecule has 5 heteroatoms. The second kappa shape index (κ2) is 8.56. The SMILES string of the molecule is COC(=O)CCC/C(C)=C/CNC(=O)OC(C)(C)C. The highest BCUT2D eigenvalue weighted by atomic mass is 16.6. The van der Waals surface area contributed by atoms with Gasteiger partial charge in [0.15, 0.2) is 0 Å². The van der Waals surface area contributed by atoms with Gasteiger partial charge in [-0.05, 0) is 40.5 Å². The first-order valence-electron chi connectivity index (χ1n) is 6.44. The zero-order chi connectivity index (χ0) is 14.9. The molecule has 0 fully saturated rings. The van der Waals surface area contributed by atoms with Crippen molar-refractivity contribution in [1.29, 1.82) is 0 Å². The van der Waals surface area contributed by atoms with Crippen molar-refractivity contribution in [1.82, 2.24) is 5.32 Å². The number of hydrogen-bond donors (Lipinski definition) is 1. The molecule has 0 saturated carbocycles. The van der Waals surface area contributed by atoms with Gasteiger partial charge in [0, 0.05) is 13.0 Å². The lowest BCUT2D eigenvalue weighted by atomic mass is 10.1. The molecule has 0 aliphatic carbocycles. The zero-order valence-electron chi connectivity index (χ0n) is 12.5. The third-order valence-corrected chi connectivity index (χ3v) is 2.28. The molecule has 1 amide bonds. The first-order chi connectivity index (χ1) is 8.74. The fourth-order valence-corrected chi connectivity index (χ4v) is 1.34. The predicted octanol–water partition coefficient (Wildman–Crippen LogP) is 2.80. The Morgan fingerprint density at radius 1 is 1.21 bits per heavy atom. The Bertz CT molecular complexity index is 329. The number of allylic oxidation sites excluding steroid dienone is 1. The third-order valence-electron chi connectivity index (χ3n) is 2.28. The van der Waals surface area contributed by atoms with E-state index in [4.69, 9.17) is 4.74 Å². The van der Waals surface area contributed by atoms with Gasteiger partial charge < -0.3 is 14.8 Å². The van der Waals surface area contributed by atoms with Gasteiger partial charge in [-0.1, -0.05) is 11.6 Å². The van der Waals surface area contributed by atoms with Crippen LogP contribution in [0.5, 0.6) is 0 Å². The average molecular weight is 271 g/mol. The first-order valence-corrected chi connectivity index (χ1v) is 6.44. The number of methoxy groups -OCH3 is 1. The van der Waals surface area contributed by atoms with Crippen LogP contribution in [0.25, 0.3) is 0 Å². The molecule has 0 heterocycles. The van der Waals surface area contributed by atoms with Crippen LogP contribution in [0.15, 0.2) is 11.6 Å². The molecule has 0 unspecified atom stereocenters. The molecule has 0 rings (SSSR count). The minimum atomic E-state index is -0.483. The average Bonchev–Trinajstić information content (AvgIpc) is 2.26. The van der Waals surface area contributed by atoms with E-state index >= 15 is 0 Å². The summed E-state index contributed by atoms with van der Waals surface area (Å²) < 4.78 is 9.67. The van der Waals surface area contributed by atoms with Gasteiger partial charge in [-0.3, -0.25) is 4.79 Å². The maximum absolute atomic E-state index is 11.4. The van der Waals surface area contributed by atoms with Crippen LogP contribution < -0.4 is 5.32 Å². The Kier molecular flexibility index (Phi) is 7.87. The smallest absolute Gasteiger partial charge is 0.407 e. The van der Waals surface area contributed by atoms with Crippen molar-refractivity contribution in [3.63, 3.8) is 0 Å². The lowest BCUT2D eigenvalue weighted by Crippen LogP contribution is -2.32. The normalized spacial score (nSPS) is 11.9. The minimum absolute atomic E-state index is 0.195. The maximum Gasteiger partial charge on any atom is 0.407 e. The summed E-state index contributed by atoms with van der Waals surface area (Å²) in [6, 6.07) is 0. The molecule has 0 bridgehead atoms. The van der Waals surface area contributed by atoms with E-state index in [1.54, 1.807) is 0 Å². The summed E-state index contributed by atoms with van der Waals surface area (Å²) in [6.07, 6.45) is 3.47. The number of nitrogens with one attached hydrogen (secondary N) is 1. The number of rotatable bonds is 6. The number of carbonyl (C=O) groups is 2. The van der Waals surface area contributed by atoms with Crippen LogP contribution in [0.4, 0.5) is 4.79 Å². The summed E-state index contributed by atoms with van der Waals surface area (Å²) in [6.45, 7) is 7.86. The molecule has 0 spiro atoms. The zero-order valence-corrected chi connectivity index (χ0v) is 12.5. The van der Waals surface area contributed by atoms with E-state index in [-0.39, 0.29) is 5.97 Å². The van der Waals surface area contributed by atoms with Gasteiger partial charge in [-0.25, -0.2) is 4.79 Å². The number of hydrogen-bond acceptors (Lipinski definition) is 4. The van der Waals surface area contributed by atoms with Crippen molar-refractivity contribution >= 4 is 12.1 Å². The van der Waals surface area contributed by atoms with Crippen LogP contribution in [0, 0.1) is 0 Å². The Hall–Kier alpha value is -1.52. The molecule has 19 heavy (non-hydrogen) atoms. The summed E-state index contributed by atoms with van der Waals surface area (Å²) in [5.74, 6) is -0.195. The minimum Gasteiger partial charge on any atom is -0.469 e. The fraction of sp³-hybridized carbons (Fsp3) is 0.714. The lowest BCUT2D eigenvalue weighted by molar-refractivity contribution is -0.140. The molecule has 0 radical (unpaired) electrons. The number of ether oxygens (including phenoxy) is 2. The molecular formula is C14H25NO4. The number of carbonyl (C=O) groups excluding carboxylic acids is 2. The van der Waals surface area contributed by atoms with Crippen molar-refractivity contribution in [2.45, 2.75) is 52.6 Å². The third kappa shape index (κ3) is 11.3. The van der Waals surface area contributed by atoms with Crippen LogP contribution in [0.2, 0.25) is 0 Å². The molecule has 0 aromatic carbocycles. The van der Waals surface area contributed by atoms with E-state index < -0.39 is 11.7 Å². The first kappa shape index (κ1) is 17.5. The highest BCUT2D eigenvalue weighted by Crippen LogP contribution is 2.08. The molecule has 0 aromatic rings. The van der Waals surface area contributed by atoms with Crippen molar-refractivity contribution in [3.8, 4) is 0 Å². The van der Waals surface area contributed by atoms with Crippen molar-refractivity contribution < 1.29 is 19.1 Å². The van der Waals surface area contributed by atoms with E-state index in [2.05, 4.69) is 10.1 Å². The molecule has 0 aromatic heterocycles. The monoisotopic (exact) mass is 271 g/mol. The van der Waals surface area contributed by atoms with E-state index in [9.17, 15) is 9.59 Å². The standard InChI is InChI=1S/C14H25NO4/c1-11(7-6-8-12(16)18-5)9-10-15-13(17)19-14(2,3)4/h9H,6-8,10H2,1-5H3,(H,15,17)/b11-9+. The second-order valence-corrected chi connectivity index (χ2v) is 5.36. The Labute approximate surface area is 115 Å².